The molecular weight excluding hydrogens is 228 g/mol. The van der Waals surface area contributed by atoms with Gasteiger partial charge in [-0.2, -0.15) is 0 Å². The number of hydrogen-bond donors (Lipinski definition) is 0. The molecule has 0 aromatic carbocycles. The Bertz CT molecular complexity index is 435. The highest BCUT2D eigenvalue weighted by Gasteiger charge is 2.05. The normalized spacial score (nSPS) is 9.20. The second kappa shape index (κ2) is 5.74. The molecule has 0 aliphatic rings. The molecule has 1 rings (SSSR count). The number of carbonyl (C=O) groups is 2. The van der Waals surface area contributed by atoms with Crippen LogP contribution in [0.15, 0.2) is 11.4 Å². The van der Waals surface area contributed by atoms with Crippen molar-refractivity contribution in [3.63, 3.8) is 0 Å². The minimum atomic E-state index is 0.0357. The van der Waals surface area contributed by atoms with Gasteiger partial charge in [-0.25, -0.2) is 0 Å². The molecule has 0 radical (unpaired) electrons. The van der Waals surface area contributed by atoms with E-state index < -0.39 is 0 Å². The maximum absolute atomic E-state index is 11.2. The number of thiophene rings is 1. The molecule has 0 aliphatic carbocycles. The van der Waals surface area contributed by atoms with Crippen molar-refractivity contribution in [1.82, 2.24) is 0 Å². The standard InChI is InChI=1S/C11H10O2S2/c1-8(12)11-10(5-7-15-11)4-3-6-14-9(2)13/h5,7H,6H2,1-2H3. The Morgan fingerprint density at radius 3 is 2.80 bits per heavy atom. The van der Waals surface area contributed by atoms with E-state index in [4.69, 9.17) is 0 Å². The third-order valence-electron chi connectivity index (χ3n) is 1.56. The third kappa shape index (κ3) is 3.90. The monoisotopic (exact) mass is 238 g/mol. The predicted octanol–water partition coefficient (Wildman–Crippen LogP) is 2.58. The third-order valence-corrected chi connectivity index (χ3v) is 3.27. The Hall–Kier alpha value is -1.05. The molecule has 1 aromatic heterocycles. The molecule has 0 atom stereocenters. The predicted molar refractivity (Wildman–Crippen MR) is 64.3 cm³/mol. The fourth-order valence-electron chi connectivity index (χ4n) is 0.949. The minimum absolute atomic E-state index is 0.0357. The van der Waals surface area contributed by atoms with Gasteiger partial charge in [0, 0.05) is 12.5 Å². The SMILES string of the molecule is CC(=O)SCC#Cc1ccsc1C(C)=O. The number of thioether (sulfide) groups is 1. The molecule has 0 N–H and O–H groups in total. The number of Topliss-reactive ketones (excluding diaryl/α,β-unsaturated/α-hetero) is 1. The summed E-state index contributed by atoms with van der Waals surface area (Å²) in [6.45, 7) is 3.04. The van der Waals surface area contributed by atoms with Crippen molar-refractivity contribution in [2.24, 2.45) is 0 Å². The molecule has 0 unspecified atom stereocenters. The van der Waals surface area contributed by atoms with Crippen molar-refractivity contribution in [3.8, 4) is 11.8 Å². The van der Waals surface area contributed by atoms with Crippen molar-refractivity contribution in [2.75, 3.05) is 5.75 Å². The number of carbonyl (C=O) groups excluding carboxylic acids is 2. The summed E-state index contributed by atoms with van der Waals surface area (Å²) >= 11 is 2.57. The average Bonchev–Trinajstić information content (AvgIpc) is 2.60. The molecule has 0 aliphatic heterocycles. The highest BCUT2D eigenvalue weighted by atomic mass is 32.2. The lowest BCUT2D eigenvalue weighted by Gasteiger charge is -1.89. The Morgan fingerprint density at radius 1 is 1.47 bits per heavy atom. The van der Waals surface area contributed by atoms with Crippen LogP contribution in [0.4, 0.5) is 0 Å². The smallest absolute Gasteiger partial charge is 0.186 e. The molecule has 0 bridgehead atoms. The Labute approximate surface area is 97.1 Å². The first-order valence-corrected chi connectivity index (χ1v) is 6.18. The van der Waals surface area contributed by atoms with Crippen molar-refractivity contribution >= 4 is 34.0 Å². The van der Waals surface area contributed by atoms with E-state index in [1.165, 1.54) is 36.9 Å². The molecule has 1 heterocycles. The van der Waals surface area contributed by atoms with Gasteiger partial charge in [-0.3, -0.25) is 9.59 Å². The van der Waals surface area contributed by atoms with Crippen LogP contribution in [0.3, 0.4) is 0 Å². The van der Waals surface area contributed by atoms with E-state index in [0.29, 0.717) is 10.6 Å². The van der Waals surface area contributed by atoms with Crippen LogP contribution in [-0.2, 0) is 4.79 Å². The fraction of sp³-hybridized carbons (Fsp3) is 0.273. The Kier molecular flexibility index (Phi) is 4.60. The van der Waals surface area contributed by atoms with Gasteiger partial charge in [0.2, 0.25) is 0 Å². The minimum Gasteiger partial charge on any atom is -0.294 e. The van der Waals surface area contributed by atoms with E-state index in [1.807, 2.05) is 11.4 Å². The molecule has 0 amide bonds. The van der Waals surface area contributed by atoms with Gasteiger partial charge >= 0.3 is 0 Å². The van der Waals surface area contributed by atoms with Crippen LogP contribution in [0.5, 0.6) is 0 Å². The van der Waals surface area contributed by atoms with E-state index in [1.54, 1.807) is 0 Å². The summed E-state index contributed by atoms with van der Waals surface area (Å²) < 4.78 is 0. The number of rotatable bonds is 2. The maximum atomic E-state index is 11.2. The van der Waals surface area contributed by atoms with Crippen molar-refractivity contribution < 1.29 is 9.59 Å². The first-order valence-electron chi connectivity index (χ1n) is 4.32. The highest BCUT2D eigenvalue weighted by Crippen LogP contribution is 2.16. The van der Waals surface area contributed by atoms with Gasteiger partial charge in [0.15, 0.2) is 10.9 Å². The van der Waals surface area contributed by atoms with Crippen LogP contribution in [-0.4, -0.2) is 16.7 Å². The second-order valence-corrected chi connectivity index (χ2v) is 4.87. The van der Waals surface area contributed by atoms with Gasteiger partial charge in [0.1, 0.15) is 0 Å². The lowest BCUT2D eigenvalue weighted by molar-refractivity contribution is -0.109. The highest BCUT2D eigenvalue weighted by molar-refractivity contribution is 8.13. The number of hydrogen-bond acceptors (Lipinski definition) is 4. The van der Waals surface area contributed by atoms with Crippen LogP contribution in [0.1, 0.15) is 29.1 Å². The van der Waals surface area contributed by atoms with E-state index in [9.17, 15) is 9.59 Å². The fourth-order valence-corrected chi connectivity index (χ4v) is 2.05. The van der Waals surface area contributed by atoms with Crippen molar-refractivity contribution in [2.45, 2.75) is 13.8 Å². The Balaban J connectivity index is 2.67. The molecule has 0 saturated carbocycles. The first-order chi connectivity index (χ1) is 7.11. The largest absolute Gasteiger partial charge is 0.294 e. The summed E-state index contributed by atoms with van der Waals surface area (Å²) in [7, 11) is 0. The summed E-state index contributed by atoms with van der Waals surface area (Å²) in [5, 5.41) is 1.90. The number of ketones is 1. The average molecular weight is 238 g/mol. The zero-order valence-electron chi connectivity index (χ0n) is 8.49. The summed E-state index contributed by atoms with van der Waals surface area (Å²) in [4.78, 5) is 22.5. The lowest BCUT2D eigenvalue weighted by atomic mass is 10.2. The quantitative estimate of drug-likeness (QED) is 0.586. The molecule has 15 heavy (non-hydrogen) atoms. The Morgan fingerprint density at radius 2 is 2.20 bits per heavy atom. The van der Waals surface area contributed by atoms with Gasteiger partial charge in [0.05, 0.1) is 10.6 Å². The summed E-state index contributed by atoms with van der Waals surface area (Å²) in [5.74, 6) is 6.27. The molecule has 0 saturated heterocycles. The van der Waals surface area contributed by atoms with E-state index in [2.05, 4.69) is 11.8 Å². The first kappa shape index (κ1) is 12.0. The van der Waals surface area contributed by atoms with Gasteiger partial charge < -0.3 is 0 Å². The molecule has 2 nitrogen and oxygen atoms in total. The topological polar surface area (TPSA) is 34.1 Å². The van der Waals surface area contributed by atoms with Crippen molar-refractivity contribution in [1.29, 1.82) is 0 Å². The molecule has 0 fully saturated rings. The van der Waals surface area contributed by atoms with E-state index >= 15 is 0 Å². The van der Waals surface area contributed by atoms with Gasteiger partial charge in [-0.1, -0.05) is 23.6 Å². The summed E-state index contributed by atoms with van der Waals surface area (Å²) in [5.41, 5.74) is 0.761. The van der Waals surface area contributed by atoms with Gasteiger partial charge in [-0.05, 0) is 18.4 Å². The molecule has 0 spiro atoms. The molecule has 4 heteroatoms. The molecule has 1 aromatic rings. The second-order valence-electron chi connectivity index (χ2n) is 2.80. The van der Waals surface area contributed by atoms with Crippen molar-refractivity contribution in [3.05, 3.63) is 21.9 Å². The van der Waals surface area contributed by atoms with Crippen LogP contribution in [0, 0.1) is 11.8 Å². The zero-order chi connectivity index (χ0) is 11.3. The van der Waals surface area contributed by atoms with Crippen LogP contribution in [0.2, 0.25) is 0 Å². The molecular formula is C11H10O2S2. The summed E-state index contributed by atoms with van der Waals surface area (Å²) in [6.07, 6.45) is 0. The summed E-state index contributed by atoms with van der Waals surface area (Å²) in [6, 6.07) is 1.83. The van der Waals surface area contributed by atoms with E-state index in [0.717, 1.165) is 5.56 Å². The van der Waals surface area contributed by atoms with Gasteiger partial charge in [-0.15, -0.1) is 11.3 Å². The van der Waals surface area contributed by atoms with Crippen LogP contribution < -0.4 is 0 Å². The van der Waals surface area contributed by atoms with E-state index in [-0.39, 0.29) is 10.9 Å². The van der Waals surface area contributed by atoms with Gasteiger partial charge in [0.25, 0.3) is 0 Å². The maximum Gasteiger partial charge on any atom is 0.186 e. The zero-order valence-corrected chi connectivity index (χ0v) is 10.1. The van der Waals surface area contributed by atoms with Crippen LogP contribution >= 0.6 is 23.1 Å². The molecule has 78 valence electrons. The van der Waals surface area contributed by atoms with Crippen LogP contribution in [0.25, 0.3) is 0 Å². The lowest BCUT2D eigenvalue weighted by Crippen LogP contribution is -1.90.